The lowest BCUT2D eigenvalue weighted by molar-refractivity contribution is -0.135. The number of aliphatic hydroxyl groups is 1. The molecule has 1 rings (SSSR count). The van der Waals surface area contributed by atoms with Gasteiger partial charge in [-0.1, -0.05) is 30.3 Å². The van der Waals surface area contributed by atoms with Crippen molar-refractivity contribution >= 4 is 11.7 Å². The third-order valence-electron chi connectivity index (χ3n) is 1.60. The van der Waals surface area contributed by atoms with Gasteiger partial charge in [0.1, 0.15) is 0 Å². The first kappa shape index (κ1) is 10.6. The second-order valence-electron chi connectivity index (χ2n) is 2.54. The van der Waals surface area contributed by atoms with Crippen LogP contribution in [0.2, 0.25) is 0 Å². The molecule has 0 amide bonds. The van der Waals surface area contributed by atoms with E-state index in [-0.39, 0.29) is 5.76 Å². The second kappa shape index (κ2) is 4.67. The summed E-state index contributed by atoms with van der Waals surface area (Å²) in [4.78, 5) is 10.5. The lowest BCUT2D eigenvalue weighted by Gasteiger charge is -2.03. The number of nitriles is 1. The largest absolute Gasteiger partial charge is 0.499 e. The maximum absolute atomic E-state index is 10.5. The van der Waals surface area contributed by atoms with Gasteiger partial charge in [-0.05, 0) is 0 Å². The lowest BCUT2D eigenvalue weighted by atomic mass is 10.1. The fraction of sp³-hybridized carbons (Fsp3) is 0. The minimum absolute atomic E-state index is 0.318. The molecular formula is C10H7NO4. The van der Waals surface area contributed by atoms with Crippen molar-refractivity contribution in [1.29, 1.82) is 5.26 Å². The molecule has 0 bridgehead atoms. The Morgan fingerprint density at radius 1 is 1.27 bits per heavy atom. The maximum Gasteiger partial charge on any atom is 0.375 e. The summed E-state index contributed by atoms with van der Waals surface area (Å²) in [5, 5.41) is 26.0. The van der Waals surface area contributed by atoms with Gasteiger partial charge in [-0.2, -0.15) is 0 Å². The van der Waals surface area contributed by atoms with Crippen molar-refractivity contribution in [2.45, 2.75) is 0 Å². The Hall–Kier alpha value is -2.48. The number of hydrogen-bond acceptors (Lipinski definition) is 4. The van der Waals surface area contributed by atoms with Gasteiger partial charge in [0.2, 0.25) is 5.76 Å². The summed E-state index contributed by atoms with van der Waals surface area (Å²) in [6.07, 6.45) is 1.32. The Labute approximate surface area is 85.5 Å². The summed E-state index contributed by atoms with van der Waals surface area (Å²) in [6.45, 7) is 0. The molecule has 1 aromatic rings. The van der Waals surface area contributed by atoms with Crippen molar-refractivity contribution in [2.24, 2.45) is 0 Å². The third kappa shape index (κ3) is 2.48. The molecule has 0 heterocycles. The summed E-state index contributed by atoms with van der Waals surface area (Å²) >= 11 is 0. The minimum atomic E-state index is -1.55. The highest BCUT2D eigenvalue weighted by molar-refractivity contribution is 5.92. The zero-order valence-electron chi connectivity index (χ0n) is 7.54. The molecule has 0 aromatic heterocycles. The number of nitrogens with zero attached hydrogens (tertiary/aromatic N) is 1. The van der Waals surface area contributed by atoms with Crippen LogP contribution in [0.15, 0.2) is 36.1 Å². The van der Waals surface area contributed by atoms with Gasteiger partial charge in [-0.15, -0.1) is 5.26 Å². The molecule has 2 N–H and O–H groups in total. The summed E-state index contributed by atoms with van der Waals surface area (Å²) in [5.41, 5.74) is 0.318. The highest BCUT2D eigenvalue weighted by Gasteiger charge is 2.16. The summed E-state index contributed by atoms with van der Waals surface area (Å²) in [7, 11) is 0. The third-order valence-corrected chi connectivity index (χ3v) is 1.60. The Balaban J connectivity index is 3.22. The summed E-state index contributed by atoms with van der Waals surface area (Å²) in [5.74, 6) is -2.92. The number of ether oxygens (including phenoxy) is 1. The Morgan fingerprint density at radius 2 is 1.87 bits per heavy atom. The predicted octanol–water partition coefficient (Wildman–Crippen LogP) is 1.50. The number of carbonyl (C=O) groups is 1. The molecule has 0 radical (unpaired) electrons. The van der Waals surface area contributed by atoms with Crippen LogP contribution in [0.25, 0.3) is 5.76 Å². The van der Waals surface area contributed by atoms with E-state index >= 15 is 0 Å². The summed E-state index contributed by atoms with van der Waals surface area (Å²) in [6, 6.07) is 8.01. The van der Waals surface area contributed by atoms with Gasteiger partial charge in [-0.25, -0.2) is 4.79 Å². The van der Waals surface area contributed by atoms with Crippen LogP contribution in [-0.4, -0.2) is 16.2 Å². The molecule has 0 fully saturated rings. The molecule has 5 heteroatoms. The molecule has 15 heavy (non-hydrogen) atoms. The Bertz CT molecular complexity index is 430. The van der Waals surface area contributed by atoms with Gasteiger partial charge < -0.3 is 14.9 Å². The minimum Gasteiger partial charge on any atom is -0.499 e. The van der Waals surface area contributed by atoms with E-state index in [9.17, 15) is 9.90 Å². The highest BCUT2D eigenvalue weighted by Crippen LogP contribution is 2.18. The van der Waals surface area contributed by atoms with Gasteiger partial charge in [0.25, 0.3) is 6.26 Å². The van der Waals surface area contributed by atoms with Crippen molar-refractivity contribution in [1.82, 2.24) is 0 Å². The van der Waals surface area contributed by atoms with Crippen LogP contribution < -0.4 is 0 Å². The van der Waals surface area contributed by atoms with Gasteiger partial charge >= 0.3 is 5.97 Å². The van der Waals surface area contributed by atoms with E-state index in [1.165, 1.54) is 18.4 Å². The smallest absolute Gasteiger partial charge is 0.375 e. The van der Waals surface area contributed by atoms with E-state index in [2.05, 4.69) is 4.74 Å². The van der Waals surface area contributed by atoms with Crippen LogP contribution >= 0.6 is 0 Å². The van der Waals surface area contributed by atoms with Crippen molar-refractivity contribution in [2.75, 3.05) is 0 Å². The van der Waals surface area contributed by atoms with Crippen LogP contribution in [0.4, 0.5) is 0 Å². The van der Waals surface area contributed by atoms with Crippen molar-refractivity contribution < 1.29 is 19.7 Å². The van der Waals surface area contributed by atoms with Gasteiger partial charge in [0.15, 0.2) is 5.76 Å². The van der Waals surface area contributed by atoms with Crippen molar-refractivity contribution in [3.8, 4) is 6.26 Å². The SMILES string of the molecule is N#COC(=C(O)C(=O)O)c1ccccc1. The number of aliphatic carboxylic acids is 1. The number of carboxylic acids is 1. The molecule has 0 aliphatic rings. The molecule has 1 aromatic carbocycles. The average Bonchev–Trinajstić information content (AvgIpc) is 2.26. The van der Waals surface area contributed by atoms with E-state index < -0.39 is 11.7 Å². The zero-order valence-corrected chi connectivity index (χ0v) is 7.54. The van der Waals surface area contributed by atoms with Gasteiger partial charge in [0.05, 0.1) is 0 Å². The Kier molecular flexibility index (Phi) is 3.30. The van der Waals surface area contributed by atoms with Crippen LogP contribution in [-0.2, 0) is 9.53 Å². The van der Waals surface area contributed by atoms with E-state index in [0.29, 0.717) is 5.56 Å². The normalized spacial score (nSPS) is 11.1. The average molecular weight is 205 g/mol. The first-order valence-electron chi connectivity index (χ1n) is 3.94. The van der Waals surface area contributed by atoms with Gasteiger partial charge in [-0.3, -0.25) is 0 Å². The molecule has 5 nitrogen and oxygen atoms in total. The van der Waals surface area contributed by atoms with E-state index in [0.717, 1.165) is 0 Å². The Morgan fingerprint density at radius 3 is 2.33 bits per heavy atom. The maximum atomic E-state index is 10.5. The zero-order chi connectivity index (χ0) is 11.3. The number of hydrogen-bond donors (Lipinski definition) is 2. The van der Waals surface area contributed by atoms with Crippen LogP contribution in [0.3, 0.4) is 0 Å². The van der Waals surface area contributed by atoms with E-state index in [1.807, 2.05) is 0 Å². The van der Waals surface area contributed by atoms with Crippen LogP contribution in [0.5, 0.6) is 0 Å². The van der Waals surface area contributed by atoms with Crippen molar-refractivity contribution in [3.63, 3.8) is 0 Å². The number of benzene rings is 1. The number of aliphatic hydroxyl groups excluding tert-OH is 1. The fourth-order valence-corrected chi connectivity index (χ4v) is 0.976. The second-order valence-corrected chi connectivity index (χ2v) is 2.54. The molecule has 0 unspecified atom stereocenters. The van der Waals surface area contributed by atoms with E-state index in [1.54, 1.807) is 18.2 Å². The molecule has 0 aliphatic carbocycles. The number of rotatable bonds is 3. The molecule has 0 saturated carbocycles. The lowest BCUT2D eigenvalue weighted by Crippen LogP contribution is -2.04. The fourth-order valence-electron chi connectivity index (χ4n) is 0.976. The van der Waals surface area contributed by atoms with E-state index in [4.69, 9.17) is 10.4 Å². The molecule has 0 saturated heterocycles. The summed E-state index contributed by atoms with van der Waals surface area (Å²) < 4.78 is 4.41. The predicted molar refractivity (Wildman–Crippen MR) is 50.3 cm³/mol. The van der Waals surface area contributed by atoms with Crippen molar-refractivity contribution in [3.05, 3.63) is 41.7 Å². The highest BCUT2D eigenvalue weighted by atomic mass is 16.5. The molecule has 0 spiro atoms. The number of carboxylic acid groups (broad SMARTS) is 1. The monoisotopic (exact) mass is 205 g/mol. The quantitative estimate of drug-likeness (QED) is 0.443. The topological polar surface area (TPSA) is 90.5 Å². The van der Waals surface area contributed by atoms with Crippen LogP contribution in [0, 0.1) is 11.5 Å². The van der Waals surface area contributed by atoms with Gasteiger partial charge in [0, 0.05) is 5.56 Å². The standard InChI is InChI=1S/C10H7NO4/c11-6-15-9(8(12)10(13)14)7-4-2-1-3-5-7/h1-5,12H,(H,13,14). The first-order chi connectivity index (χ1) is 7.16. The first-order valence-corrected chi connectivity index (χ1v) is 3.94. The molecule has 0 atom stereocenters. The molecular weight excluding hydrogens is 198 g/mol. The van der Waals surface area contributed by atoms with Crippen LogP contribution in [0.1, 0.15) is 5.56 Å². The molecule has 76 valence electrons. The molecule has 0 aliphatic heterocycles.